The topological polar surface area (TPSA) is 54.5 Å². The maximum Gasteiger partial charge on any atom is 0.416 e. The fraction of sp³-hybridized carbons (Fsp3) is 0.208. The molecule has 3 aromatic carbocycles. The maximum atomic E-state index is 14.0. The van der Waals surface area contributed by atoms with Crippen LogP contribution in [0.15, 0.2) is 65.6 Å². The first-order chi connectivity index (χ1) is 16.0. The highest BCUT2D eigenvalue weighted by Gasteiger charge is 2.33. The highest BCUT2D eigenvalue weighted by molar-refractivity contribution is 7.92. The average Bonchev–Trinajstić information content (AvgIpc) is 2.78. The lowest BCUT2D eigenvalue weighted by atomic mass is 9.97. The van der Waals surface area contributed by atoms with E-state index in [-0.39, 0.29) is 23.5 Å². The molecular weight excluding hydrogens is 477 g/mol. The van der Waals surface area contributed by atoms with Crippen molar-refractivity contribution in [2.24, 2.45) is 0 Å². The van der Waals surface area contributed by atoms with E-state index in [4.69, 9.17) is 0 Å². The van der Waals surface area contributed by atoms with Crippen molar-refractivity contribution in [1.82, 2.24) is 0 Å². The van der Waals surface area contributed by atoms with Crippen LogP contribution in [0.4, 0.5) is 27.6 Å². The predicted octanol–water partition coefficient (Wildman–Crippen LogP) is 5.55. The van der Waals surface area contributed by atoms with Crippen LogP contribution in [-0.4, -0.2) is 20.7 Å². The molecule has 0 fully saturated rings. The fourth-order valence-electron chi connectivity index (χ4n) is 3.93. The summed E-state index contributed by atoms with van der Waals surface area (Å²) in [6, 6.07) is 11.0. The molecule has 0 N–H and O–H groups in total. The van der Waals surface area contributed by atoms with Gasteiger partial charge in [0, 0.05) is 13.0 Å². The predicted molar refractivity (Wildman–Crippen MR) is 115 cm³/mol. The Morgan fingerprint density at radius 2 is 1.59 bits per heavy atom. The number of carbonyl (C=O) groups is 1. The smallest absolute Gasteiger partial charge is 0.294 e. The number of alkyl halides is 3. The Morgan fingerprint density at radius 1 is 0.941 bits per heavy atom. The van der Waals surface area contributed by atoms with Crippen molar-refractivity contribution in [2.45, 2.75) is 30.3 Å². The minimum atomic E-state index is -4.60. The van der Waals surface area contributed by atoms with Crippen LogP contribution < -0.4 is 4.31 Å². The van der Waals surface area contributed by atoms with Gasteiger partial charge in [-0.15, -0.1) is 0 Å². The second-order valence-electron chi connectivity index (χ2n) is 7.86. The van der Waals surface area contributed by atoms with Gasteiger partial charge in [0.25, 0.3) is 10.0 Å². The molecule has 1 heterocycles. The number of carbonyl (C=O) groups excluding carboxylic acids is 1. The zero-order chi connectivity index (χ0) is 24.7. The van der Waals surface area contributed by atoms with Gasteiger partial charge in [-0.1, -0.05) is 18.2 Å². The Kier molecular flexibility index (Phi) is 6.20. The van der Waals surface area contributed by atoms with Gasteiger partial charge in [0.1, 0.15) is 11.6 Å². The van der Waals surface area contributed by atoms with Crippen LogP contribution in [0.1, 0.15) is 33.5 Å². The normalized spacial score (nSPS) is 14.1. The number of fused-ring (bicyclic) bond motifs is 1. The molecule has 0 spiro atoms. The molecule has 3 aromatic rings. The van der Waals surface area contributed by atoms with E-state index in [2.05, 4.69) is 0 Å². The third-order valence-corrected chi connectivity index (χ3v) is 7.43. The minimum Gasteiger partial charge on any atom is -0.294 e. The summed E-state index contributed by atoms with van der Waals surface area (Å²) in [5, 5.41) is 0. The fourth-order valence-corrected chi connectivity index (χ4v) is 5.46. The zero-order valence-corrected chi connectivity index (χ0v) is 18.4. The maximum absolute atomic E-state index is 14.0. The molecule has 34 heavy (non-hydrogen) atoms. The van der Waals surface area contributed by atoms with Gasteiger partial charge in [0.05, 0.1) is 21.7 Å². The van der Waals surface area contributed by atoms with Gasteiger partial charge in [-0.25, -0.2) is 17.2 Å². The van der Waals surface area contributed by atoms with Gasteiger partial charge in [-0.05, 0) is 66.4 Å². The highest BCUT2D eigenvalue weighted by Crippen LogP contribution is 2.35. The van der Waals surface area contributed by atoms with Crippen LogP contribution in [0.2, 0.25) is 0 Å². The van der Waals surface area contributed by atoms with Crippen molar-refractivity contribution in [2.75, 3.05) is 10.8 Å². The largest absolute Gasteiger partial charge is 0.416 e. The first kappa shape index (κ1) is 23.9. The van der Waals surface area contributed by atoms with Crippen molar-refractivity contribution in [3.05, 3.63) is 94.6 Å². The average molecular weight is 495 g/mol. The van der Waals surface area contributed by atoms with E-state index in [0.29, 0.717) is 36.1 Å². The van der Waals surface area contributed by atoms with Crippen LogP contribution in [0.5, 0.6) is 0 Å². The molecule has 0 bridgehead atoms. The van der Waals surface area contributed by atoms with Crippen molar-refractivity contribution in [3.8, 4) is 0 Å². The molecule has 0 saturated carbocycles. The molecule has 0 unspecified atom stereocenters. The second-order valence-corrected chi connectivity index (χ2v) is 9.72. The van der Waals surface area contributed by atoms with Gasteiger partial charge < -0.3 is 0 Å². The molecule has 0 amide bonds. The van der Waals surface area contributed by atoms with Crippen LogP contribution in [0, 0.1) is 11.6 Å². The minimum absolute atomic E-state index is 0.0930. The van der Waals surface area contributed by atoms with Gasteiger partial charge in [0.15, 0.2) is 5.78 Å². The number of aryl methyl sites for hydroxylation is 1. The van der Waals surface area contributed by atoms with Crippen molar-refractivity contribution < 1.29 is 35.2 Å². The molecule has 0 radical (unpaired) electrons. The van der Waals surface area contributed by atoms with Gasteiger partial charge in [-0.3, -0.25) is 9.10 Å². The monoisotopic (exact) mass is 495 g/mol. The summed E-state index contributed by atoms with van der Waals surface area (Å²) in [5.41, 5.74) is -0.331. The van der Waals surface area contributed by atoms with E-state index in [9.17, 15) is 35.2 Å². The summed E-state index contributed by atoms with van der Waals surface area (Å²) in [5.74, 6) is -2.78. The van der Waals surface area contributed by atoms with E-state index in [1.165, 1.54) is 6.07 Å². The highest BCUT2D eigenvalue weighted by atomic mass is 32.2. The molecule has 10 heteroatoms. The molecule has 4 rings (SSSR count). The molecular formula is C24H18F5NO3S. The van der Waals surface area contributed by atoms with Gasteiger partial charge in [0.2, 0.25) is 0 Å². The molecule has 0 aromatic heterocycles. The molecule has 1 aliphatic rings. The van der Waals surface area contributed by atoms with Crippen LogP contribution >= 0.6 is 0 Å². The Morgan fingerprint density at radius 3 is 2.21 bits per heavy atom. The lowest BCUT2D eigenvalue weighted by Gasteiger charge is -2.31. The van der Waals surface area contributed by atoms with Crippen molar-refractivity contribution >= 4 is 21.5 Å². The van der Waals surface area contributed by atoms with Crippen LogP contribution in [0.3, 0.4) is 0 Å². The number of anilines is 1. The Bertz CT molecular complexity index is 1330. The van der Waals surface area contributed by atoms with E-state index in [1.807, 2.05) is 0 Å². The summed E-state index contributed by atoms with van der Waals surface area (Å²) >= 11 is 0. The Hall–Kier alpha value is -3.27. The number of ketones is 1. The van der Waals surface area contributed by atoms with Gasteiger partial charge in [-0.2, -0.15) is 13.2 Å². The number of rotatable bonds is 5. The van der Waals surface area contributed by atoms with Crippen LogP contribution in [0.25, 0.3) is 0 Å². The lowest BCUT2D eigenvalue weighted by molar-refractivity contribution is -0.137. The van der Waals surface area contributed by atoms with Gasteiger partial charge >= 0.3 is 6.18 Å². The second kappa shape index (κ2) is 8.83. The standard InChI is InChI=1S/C24H18F5NO3S/c25-19-4-1-5-20(26)23(19)22(31)14-15-6-7-16-3-2-12-30(21(16)13-15)34(32,33)18-10-8-17(9-11-18)24(27,28)29/h1,4-11,13H,2-3,12,14H2. The van der Waals surface area contributed by atoms with E-state index in [0.717, 1.165) is 34.6 Å². The Balaban J connectivity index is 1.66. The number of sulfonamides is 1. The summed E-state index contributed by atoms with van der Waals surface area (Å²) in [7, 11) is -4.19. The number of hydrogen-bond donors (Lipinski definition) is 0. The van der Waals surface area contributed by atoms with E-state index >= 15 is 0 Å². The number of hydrogen-bond acceptors (Lipinski definition) is 3. The first-order valence-corrected chi connectivity index (χ1v) is 11.7. The molecule has 0 saturated heterocycles. The SMILES string of the molecule is O=C(Cc1ccc2c(c1)N(S(=O)(=O)c1ccc(C(F)(F)F)cc1)CCC2)c1c(F)cccc1F. The third-order valence-electron chi connectivity index (χ3n) is 5.60. The van der Waals surface area contributed by atoms with E-state index in [1.54, 1.807) is 12.1 Å². The summed E-state index contributed by atoms with van der Waals surface area (Å²) in [6.45, 7) is 0.0930. The molecule has 178 valence electrons. The molecule has 0 atom stereocenters. The molecule has 0 aliphatic carbocycles. The zero-order valence-electron chi connectivity index (χ0n) is 17.6. The number of Topliss-reactive ketones (excluding diaryl/α,β-unsaturated/α-hetero) is 1. The number of halogens is 5. The first-order valence-electron chi connectivity index (χ1n) is 10.3. The van der Waals surface area contributed by atoms with Crippen molar-refractivity contribution in [1.29, 1.82) is 0 Å². The summed E-state index contributed by atoms with van der Waals surface area (Å²) in [4.78, 5) is 12.2. The Labute approximate surface area is 192 Å². The van der Waals surface area contributed by atoms with Crippen molar-refractivity contribution in [3.63, 3.8) is 0 Å². The molecule has 1 aliphatic heterocycles. The lowest BCUT2D eigenvalue weighted by Crippen LogP contribution is -2.35. The van der Waals surface area contributed by atoms with Crippen LogP contribution in [-0.2, 0) is 29.0 Å². The number of nitrogens with zero attached hydrogens (tertiary/aromatic N) is 1. The molecule has 4 nitrogen and oxygen atoms in total. The number of benzene rings is 3. The summed E-state index contributed by atoms with van der Waals surface area (Å²) in [6.07, 6.45) is -3.91. The summed E-state index contributed by atoms with van der Waals surface area (Å²) < 4.78 is 94.1. The quantitative estimate of drug-likeness (QED) is 0.345. The van der Waals surface area contributed by atoms with E-state index < -0.39 is 44.7 Å². The third kappa shape index (κ3) is 4.54.